The summed E-state index contributed by atoms with van der Waals surface area (Å²) in [6.07, 6.45) is 4.93. The lowest BCUT2D eigenvalue weighted by Gasteiger charge is -2.29. The van der Waals surface area contributed by atoms with Crippen molar-refractivity contribution in [3.05, 3.63) is 95.6 Å². The van der Waals surface area contributed by atoms with Crippen LogP contribution >= 0.6 is 0 Å². The minimum absolute atomic E-state index is 0.0935. The summed E-state index contributed by atoms with van der Waals surface area (Å²) in [5.41, 5.74) is 2.34. The molecule has 0 aliphatic heterocycles. The number of halogens is 4. The number of hydrogen-bond donors (Lipinski definition) is 0. The summed E-state index contributed by atoms with van der Waals surface area (Å²) in [6, 6.07) is 13.4. The van der Waals surface area contributed by atoms with Crippen LogP contribution in [-0.2, 0) is 0 Å². The van der Waals surface area contributed by atoms with Gasteiger partial charge < -0.3 is 9.47 Å². The molecule has 1 saturated carbocycles. The second-order valence-corrected chi connectivity index (χ2v) is 9.34. The largest absolute Gasteiger partial charge is 0.490 e. The van der Waals surface area contributed by atoms with Crippen LogP contribution in [-0.4, -0.2) is 13.2 Å². The van der Waals surface area contributed by atoms with Crippen LogP contribution < -0.4 is 9.47 Å². The van der Waals surface area contributed by atoms with Gasteiger partial charge in [0.1, 0.15) is 0 Å². The zero-order valence-electron chi connectivity index (χ0n) is 20.3. The Kier molecular flexibility index (Phi) is 8.34. The topological polar surface area (TPSA) is 18.5 Å². The van der Waals surface area contributed by atoms with Gasteiger partial charge in [-0.25, -0.2) is 8.78 Å². The molecule has 0 spiro atoms. The quantitative estimate of drug-likeness (QED) is 0.167. The van der Waals surface area contributed by atoms with E-state index >= 15 is 0 Å². The number of hydrogen-bond acceptors (Lipinski definition) is 2. The Morgan fingerprint density at radius 2 is 1.42 bits per heavy atom. The fourth-order valence-electron chi connectivity index (χ4n) is 4.67. The minimum atomic E-state index is -1.08. The summed E-state index contributed by atoms with van der Waals surface area (Å²) in [7, 11) is 0. The average Bonchev–Trinajstić information content (AvgIpc) is 2.89. The van der Waals surface area contributed by atoms with Crippen LogP contribution in [0.2, 0.25) is 0 Å². The second kappa shape index (κ2) is 11.6. The van der Waals surface area contributed by atoms with Crippen LogP contribution in [0.4, 0.5) is 17.6 Å². The van der Waals surface area contributed by atoms with Crippen molar-refractivity contribution in [3.8, 4) is 22.6 Å². The maximum Gasteiger partial charge on any atom is 0.204 e. The number of rotatable bonds is 9. The third-order valence-corrected chi connectivity index (χ3v) is 6.83. The zero-order chi connectivity index (χ0) is 25.7. The molecule has 0 bridgehead atoms. The van der Waals surface area contributed by atoms with Gasteiger partial charge in [-0.05, 0) is 74.1 Å². The highest BCUT2D eigenvalue weighted by atomic mass is 19.2. The third-order valence-electron chi connectivity index (χ3n) is 6.83. The Bertz CT molecular complexity index is 1200. The van der Waals surface area contributed by atoms with E-state index in [-0.39, 0.29) is 42.1 Å². The second-order valence-electron chi connectivity index (χ2n) is 9.34. The third kappa shape index (κ3) is 5.75. The van der Waals surface area contributed by atoms with Crippen molar-refractivity contribution >= 4 is 0 Å². The number of aryl methyl sites for hydroxylation is 1. The first kappa shape index (κ1) is 25.8. The van der Waals surface area contributed by atoms with E-state index in [4.69, 9.17) is 9.47 Å². The normalized spacial score (nSPS) is 17.6. The minimum Gasteiger partial charge on any atom is -0.490 e. The van der Waals surface area contributed by atoms with Crippen LogP contribution in [0.5, 0.6) is 11.5 Å². The lowest BCUT2D eigenvalue weighted by Crippen LogP contribution is -2.20. The molecule has 0 radical (unpaired) electrons. The summed E-state index contributed by atoms with van der Waals surface area (Å²) in [5, 5.41) is 0. The molecule has 1 aliphatic rings. The Balaban J connectivity index is 1.34. The molecule has 4 rings (SSSR count). The Hall–Kier alpha value is -3.28. The SMILES string of the molecule is C=CCCOc1ccc(OCC2CCC(c3ccc(-c4ccc(C)cc4)c(F)c3F)CC2)c(F)c1F. The van der Waals surface area contributed by atoms with Gasteiger partial charge in [0.2, 0.25) is 11.6 Å². The van der Waals surface area contributed by atoms with Gasteiger partial charge in [0, 0.05) is 5.56 Å². The molecule has 6 heteroatoms. The van der Waals surface area contributed by atoms with Crippen LogP contribution in [0.1, 0.15) is 49.1 Å². The van der Waals surface area contributed by atoms with Crippen molar-refractivity contribution in [3.63, 3.8) is 0 Å². The Labute approximate surface area is 209 Å². The molecule has 0 amide bonds. The molecular formula is C30H30F4O2. The van der Waals surface area contributed by atoms with Crippen LogP contribution in [0.15, 0.2) is 61.2 Å². The fraction of sp³-hybridized carbons (Fsp3) is 0.333. The van der Waals surface area contributed by atoms with Crippen molar-refractivity contribution < 1.29 is 27.0 Å². The molecule has 36 heavy (non-hydrogen) atoms. The van der Waals surface area contributed by atoms with Crippen molar-refractivity contribution in [1.29, 1.82) is 0 Å². The maximum atomic E-state index is 15.0. The highest BCUT2D eigenvalue weighted by Crippen LogP contribution is 2.39. The Morgan fingerprint density at radius 1 is 0.778 bits per heavy atom. The van der Waals surface area contributed by atoms with Gasteiger partial charge in [-0.1, -0.05) is 48.0 Å². The van der Waals surface area contributed by atoms with Crippen molar-refractivity contribution in [2.24, 2.45) is 5.92 Å². The predicted octanol–water partition coefficient (Wildman–Crippen LogP) is 8.53. The van der Waals surface area contributed by atoms with E-state index in [9.17, 15) is 17.6 Å². The summed E-state index contributed by atoms with van der Waals surface area (Å²) in [6.45, 7) is 5.94. The molecule has 0 N–H and O–H groups in total. The van der Waals surface area contributed by atoms with Crippen LogP contribution in [0.25, 0.3) is 11.1 Å². The van der Waals surface area contributed by atoms with Gasteiger partial charge in [0.25, 0.3) is 0 Å². The van der Waals surface area contributed by atoms with Gasteiger partial charge in [0.05, 0.1) is 13.2 Å². The average molecular weight is 499 g/mol. The molecule has 3 aromatic rings. The molecular weight excluding hydrogens is 468 g/mol. The smallest absolute Gasteiger partial charge is 0.204 e. The molecule has 0 aromatic heterocycles. The van der Waals surface area contributed by atoms with E-state index in [0.29, 0.717) is 30.4 Å². The standard InChI is InChI=1S/C30H30F4O2/c1-3-4-17-35-25-15-16-26(30(34)29(25)33)36-18-20-7-11-22(12-8-20)24-14-13-23(27(31)28(24)32)21-9-5-19(2)6-10-21/h3,5-6,9-10,13-16,20,22H,1,4,7-8,11-12,17-18H2,2H3. The fourth-order valence-corrected chi connectivity index (χ4v) is 4.67. The lowest BCUT2D eigenvalue weighted by molar-refractivity contribution is 0.190. The summed E-state index contributed by atoms with van der Waals surface area (Å²) < 4.78 is 69.3. The van der Waals surface area contributed by atoms with E-state index in [1.54, 1.807) is 30.3 Å². The predicted molar refractivity (Wildman–Crippen MR) is 133 cm³/mol. The maximum absolute atomic E-state index is 15.0. The highest BCUT2D eigenvalue weighted by Gasteiger charge is 2.27. The summed E-state index contributed by atoms with van der Waals surface area (Å²) in [5.74, 6) is -4.07. The van der Waals surface area contributed by atoms with Crippen molar-refractivity contribution in [1.82, 2.24) is 0 Å². The first-order chi connectivity index (χ1) is 17.4. The van der Waals surface area contributed by atoms with Gasteiger partial charge in [0.15, 0.2) is 23.1 Å². The van der Waals surface area contributed by atoms with E-state index in [1.165, 1.54) is 12.1 Å². The van der Waals surface area contributed by atoms with Crippen molar-refractivity contribution in [2.45, 2.75) is 44.9 Å². The number of ether oxygens (including phenoxy) is 2. The van der Waals surface area contributed by atoms with Crippen molar-refractivity contribution in [2.75, 3.05) is 13.2 Å². The molecule has 2 nitrogen and oxygen atoms in total. The molecule has 190 valence electrons. The molecule has 3 aromatic carbocycles. The first-order valence-electron chi connectivity index (χ1n) is 12.3. The Morgan fingerprint density at radius 3 is 2.06 bits per heavy atom. The van der Waals surface area contributed by atoms with Gasteiger partial charge in [-0.3, -0.25) is 0 Å². The molecule has 1 aliphatic carbocycles. The molecule has 0 unspecified atom stereocenters. The summed E-state index contributed by atoms with van der Waals surface area (Å²) in [4.78, 5) is 0. The lowest BCUT2D eigenvalue weighted by atomic mass is 9.78. The number of benzene rings is 3. The van der Waals surface area contributed by atoms with E-state index in [0.717, 1.165) is 18.4 Å². The van der Waals surface area contributed by atoms with Gasteiger partial charge in [-0.2, -0.15) is 8.78 Å². The zero-order valence-corrected chi connectivity index (χ0v) is 20.3. The molecule has 0 heterocycles. The summed E-state index contributed by atoms with van der Waals surface area (Å²) >= 11 is 0. The van der Waals surface area contributed by atoms with E-state index in [2.05, 4.69) is 6.58 Å². The molecule has 0 saturated heterocycles. The highest BCUT2D eigenvalue weighted by molar-refractivity contribution is 5.65. The van der Waals surface area contributed by atoms with Gasteiger partial charge in [-0.15, -0.1) is 6.58 Å². The van der Waals surface area contributed by atoms with E-state index in [1.807, 2.05) is 19.1 Å². The molecule has 1 fully saturated rings. The van der Waals surface area contributed by atoms with Crippen LogP contribution in [0.3, 0.4) is 0 Å². The van der Waals surface area contributed by atoms with E-state index < -0.39 is 23.3 Å². The first-order valence-corrected chi connectivity index (χ1v) is 12.3. The molecule has 0 atom stereocenters. The van der Waals surface area contributed by atoms with Crippen LogP contribution in [0, 0.1) is 36.1 Å². The monoisotopic (exact) mass is 498 g/mol. The van der Waals surface area contributed by atoms with Gasteiger partial charge >= 0.3 is 0 Å².